The van der Waals surface area contributed by atoms with Crippen molar-refractivity contribution in [1.82, 2.24) is 4.98 Å². The molecule has 0 amide bonds. The SMILES string of the molecule is CCCC(c1c[nH]c2ccccc12)[C@H](N)C(=O)O. The van der Waals surface area contributed by atoms with E-state index in [0.717, 1.165) is 29.3 Å². The first-order valence-corrected chi connectivity index (χ1v) is 6.19. The third-order valence-electron chi connectivity index (χ3n) is 3.34. The summed E-state index contributed by atoms with van der Waals surface area (Å²) in [6.45, 7) is 2.04. The predicted molar refractivity (Wildman–Crippen MR) is 71.6 cm³/mol. The van der Waals surface area contributed by atoms with E-state index in [2.05, 4.69) is 4.98 Å². The molecule has 2 rings (SSSR count). The molecule has 2 atom stereocenters. The molecule has 1 unspecified atom stereocenters. The Balaban J connectivity index is 2.44. The molecule has 0 aliphatic rings. The molecule has 0 spiro atoms. The van der Waals surface area contributed by atoms with E-state index in [0.29, 0.717) is 0 Å². The van der Waals surface area contributed by atoms with Crippen molar-refractivity contribution in [3.05, 3.63) is 36.0 Å². The predicted octanol–water partition coefficient (Wildman–Crippen LogP) is 2.46. The maximum absolute atomic E-state index is 11.1. The fourth-order valence-electron chi connectivity index (χ4n) is 2.41. The molecule has 0 bridgehead atoms. The van der Waals surface area contributed by atoms with E-state index in [1.165, 1.54) is 0 Å². The molecular formula is C14H18N2O2. The number of aromatic nitrogens is 1. The average Bonchev–Trinajstić information content (AvgIpc) is 2.79. The molecule has 1 aromatic carbocycles. The first kappa shape index (κ1) is 12.6. The van der Waals surface area contributed by atoms with Crippen LogP contribution in [0, 0.1) is 0 Å². The van der Waals surface area contributed by atoms with Crippen LogP contribution in [0.1, 0.15) is 31.2 Å². The van der Waals surface area contributed by atoms with E-state index >= 15 is 0 Å². The fourth-order valence-corrected chi connectivity index (χ4v) is 2.41. The number of H-pyrrole nitrogens is 1. The van der Waals surface area contributed by atoms with Crippen LogP contribution in [-0.2, 0) is 4.79 Å². The number of carboxylic acids is 1. The Labute approximate surface area is 106 Å². The highest BCUT2D eigenvalue weighted by atomic mass is 16.4. The van der Waals surface area contributed by atoms with Crippen molar-refractivity contribution in [2.75, 3.05) is 0 Å². The standard InChI is InChI=1S/C14H18N2O2/c1-2-5-10(13(15)14(17)18)11-8-16-12-7-4-3-6-9(11)12/h3-4,6-8,10,13,16H,2,5,15H2,1H3,(H,17,18)/t10?,13-/m0/s1. The normalized spacial score (nSPS) is 14.6. The Morgan fingerprint density at radius 1 is 1.44 bits per heavy atom. The van der Waals surface area contributed by atoms with Gasteiger partial charge in [0.2, 0.25) is 0 Å². The zero-order chi connectivity index (χ0) is 13.1. The summed E-state index contributed by atoms with van der Waals surface area (Å²) in [6, 6.07) is 7.03. The van der Waals surface area contributed by atoms with Crippen LogP contribution < -0.4 is 5.73 Å². The molecule has 96 valence electrons. The van der Waals surface area contributed by atoms with Crippen molar-refractivity contribution in [2.24, 2.45) is 5.73 Å². The molecule has 4 N–H and O–H groups in total. The summed E-state index contributed by atoms with van der Waals surface area (Å²) in [5, 5.41) is 10.2. The van der Waals surface area contributed by atoms with Crippen LogP contribution in [0.15, 0.2) is 30.5 Å². The first-order chi connectivity index (χ1) is 8.65. The lowest BCUT2D eigenvalue weighted by atomic mass is 9.88. The summed E-state index contributed by atoms with van der Waals surface area (Å²) in [4.78, 5) is 14.3. The number of benzene rings is 1. The van der Waals surface area contributed by atoms with Crippen LogP contribution in [0.3, 0.4) is 0 Å². The van der Waals surface area contributed by atoms with E-state index in [1.54, 1.807) is 0 Å². The Bertz CT molecular complexity index is 547. The third-order valence-corrected chi connectivity index (χ3v) is 3.34. The van der Waals surface area contributed by atoms with Gasteiger partial charge in [-0.1, -0.05) is 31.5 Å². The molecule has 0 saturated carbocycles. The number of hydrogen-bond acceptors (Lipinski definition) is 2. The number of rotatable bonds is 5. The van der Waals surface area contributed by atoms with Gasteiger partial charge in [0.1, 0.15) is 6.04 Å². The van der Waals surface area contributed by atoms with Crippen LogP contribution >= 0.6 is 0 Å². The highest BCUT2D eigenvalue weighted by Crippen LogP contribution is 2.30. The van der Waals surface area contributed by atoms with E-state index in [4.69, 9.17) is 10.8 Å². The molecule has 4 heteroatoms. The molecule has 0 saturated heterocycles. The van der Waals surface area contributed by atoms with E-state index in [-0.39, 0.29) is 5.92 Å². The largest absolute Gasteiger partial charge is 0.480 e. The monoisotopic (exact) mass is 246 g/mol. The number of nitrogens with two attached hydrogens (primary N) is 1. The summed E-state index contributed by atoms with van der Waals surface area (Å²) < 4.78 is 0. The van der Waals surface area contributed by atoms with Crippen LogP contribution in [0.5, 0.6) is 0 Å². The summed E-state index contributed by atoms with van der Waals surface area (Å²) in [5.41, 5.74) is 7.84. The lowest BCUT2D eigenvalue weighted by Gasteiger charge is -2.19. The second-order valence-electron chi connectivity index (χ2n) is 4.55. The summed E-state index contributed by atoms with van der Waals surface area (Å²) in [6.07, 6.45) is 3.56. The van der Waals surface area contributed by atoms with Gasteiger partial charge in [0.15, 0.2) is 0 Å². The number of aromatic amines is 1. The first-order valence-electron chi connectivity index (χ1n) is 6.19. The second-order valence-corrected chi connectivity index (χ2v) is 4.55. The zero-order valence-electron chi connectivity index (χ0n) is 10.4. The van der Waals surface area contributed by atoms with Crippen LogP contribution in [-0.4, -0.2) is 22.1 Å². The van der Waals surface area contributed by atoms with Gasteiger partial charge in [0.25, 0.3) is 0 Å². The van der Waals surface area contributed by atoms with Gasteiger partial charge < -0.3 is 15.8 Å². The summed E-state index contributed by atoms with van der Waals surface area (Å²) >= 11 is 0. The molecule has 0 aliphatic heterocycles. The number of para-hydroxylation sites is 1. The average molecular weight is 246 g/mol. The van der Waals surface area contributed by atoms with Gasteiger partial charge >= 0.3 is 5.97 Å². The molecule has 1 heterocycles. The molecule has 0 aliphatic carbocycles. The maximum atomic E-state index is 11.1. The van der Waals surface area contributed by atoms with Crippen molar-refractivity contribution < 1.29 is 9.90 Å². The Morgan fingerprint density at radius 2 is 2.17 bits per heavy atom. The molecule has 0 fully saturated rings. The van der Waals surface area contributed by atoms with Gasteiger partial charge in [-0.2, -0.15) is 0 Å². The topological polar surface area (TPSA) is 79.1 Å². The maximum Gasteiger partial charge on any atom is 0.321 e. The van der Waals surface area contributed by atoms with Gasteiger partial charge in [-0.3, -0.25) is 4.79 Å². The van der Waals surface area contributed by atoms with Crippen molar-refractivity contribution >= 4 is 16.9 Å². The Morgan fingerprint density at radius 3 is 2.83 bits per heavy atom. The lowest BCUT2D eigenvalue weighted by molar-refractivity contribution is -0.139. The Kier molecular flexibility index (Phi) is 3.67. The number of fused-ring (bicyclic) bond motifs is 1. The van der Waals surface area contributed by atoms with E-state index < -0.39 is 12.0 Å². The van der Waals surface area contributed by atoms with Crippen LogP contribution in [0.4, 0.5) is 0 Å². The highest BCUT2D eigenvalue weighted by molar-refractivity contribution is 5.85. The van der Waals surface area contributed by atoms with E-state index in [1.807, 2.05) is 37.4 Å². The van der Waals surface area contributed by atoms with Crippen LogP contribution in [0.25, 0.3) is 10.9 Å². The van der Waals surface area contributed by atoms with Crippen molar-refractivity contribution in [3.8, 4) is 0 Å². The fraction of sp³-hybridized carbons (Fsp3) is 0.357. The van der Waals surface area contributed by atoms with Gasteiger partial charge in [-0.05, 0) is 18.1 Å². The smallest absolute Gasteiger partial charge is 0.321 e. The molecule has 0 radical (unpaired) electrons. The minimum absolute atomic E-state index is 0.149. The van der Waals surface area contributed by atoms with Gasteiger partial charge in [0.05, 0.1) is 0 Å². The third kappa shape index (κ3) is 2.24. The summed E-state index contributed by atoms with van der Waals surface area (Å²) in [7, 11) is 0. The van der Waals surface area contributed by atoms with Crippen LogP contribution in [0.2, 0.25) is 0 Å². The van der Waals surface area contributed by atoms with Gasteiger partial charge in [-0.25, -0.2) is 0 Å². The molecule has 4 nitrogen and oxygen atoms in total. The number of aliphatic carboxylic acids is 1. The van der Waals surface area contributed by atoms with E-state index in [9.17, 15) is 4.79 Å². The molecule has 1 aromatic heterocycles. The minimum Gasteiger partial charge on any atom is -0.480 e. The van der Waals surface area contributed by atoms with Crippen molar-refractivity contribution in [2.45, 2.75) is 31.7 Å². The number of hydrogen-bond donors (Lipinski definition) is 3. The van der Waals surface area contributed by atoms with Gasteiger partial charge in [0, 0.05) is 23.0 Å². The quantitative estimate of drug-likeness (QED) is 0.758. The highest BCUT2D eigenvalue weighted by Gasteiger charge is 2.26. The van der Waals surface area contributed by atoms with Crippen molar-refractivity contribution in [3.63, 3.8) is 0 Å². The number of nitrogens with one attached hydrogen (secondary N) is 1. The molecular weight excluding hydrogens is 228 g/mol. The second kappa shape index (κ2) is 5.23. The van der Waals surface area contributed by atoms with Gasteiger partial charge in [-0.15, -0.1) is 0 Å². The summed E-state index contributed by atoms with van der Waals surface area (Å²) in [5.74, 6) is -1.10. The Hall–Kier alpha value is -1.81. The number of carboxylic acid groups (broad SMARTS) is 1. The molecule has 18 heavy (non-hydrogen) atoms. The van der Waals surface area contributed by atoms with Crippen molar-refractivity contribution in [1.29, 1.82) is 0 Å². The molecule has 2 aromatic rings. The minimum atomic E-state index is -0.946. The number of carbonyl (C=O) groups is 1. The zero-order valence-corrected chi connectivity index (χ0v) is 10.4. The lowest BCUT2D eigenvalue weighted by Crippen LogP contribution is -2.36.